The summed E-state index contributed by atoms with van der Waals surface area (Å²) >= 11 is 0. The molecule has 0 aliphatic carbocycles. The molecule has 4 aromatic rings. The first-order chi connectivity index (χ1) is 18.0. The molecular weight excluding hydrogens is 506 g/mol. The fourth-order valence-corrected chi connectivity index (χ4v) is 5.58. The fraction of sp³-hybridized carbons (Fsp3) is 0.480. The Morgan fingerprint density at radius 3 is 2.32 bits per heavy atom. The lowest BCUT2D eigenvalue weighted by Crippen LogP contribution is -2.32. The van der Waals surface area contributed by atoms with Crippen LogP contribution in [0.4, 0.5) is 0 Å². The SMILES string of the molecule is Cc1cnc([C@H](OC(C)C)[C@H](C)S(=O)(=O)Cc2nnc(-c3cccc(C)n3)n2[C@@H](C)c2ncnn2C)nc1. The van der Waals surface area contributed by atoms with Gasteiger partial charge in [0.15, 0.2) is 21.5 Å². The van der Waals surface area contributed by atoms with Gasteiger partial charge in [0.1, 0.15) is 35.5 Å². The van der Waals surface area contributed by atoms with E-state index in [9.17, 15) is 8.42 Å². The molecule has 4 rings (SSSR count). The zero-order valence-electron chi connectivity index (χ0n) is 22.6. The van der Waals surface area contributed by atoms with Crippen LogP contribution in [0, 0.1) is 13.8 Å². The molecular formula is C25H33N9O3S. The Morgan fingerprint density at radius 1 is 1.00 bits per heavy atom. The molecule has 38 heavy (non-hydrogen) atoms. The molecule has 3 atom stereocenters. The molecule has 0 aliphatic rings. The Bertz CT molecular complexity index is 1500. The van der Waals surface area contributed by atoms with E-state index in [2.05, 4.69) is 35.2 Å². The number of nitrogens with zero attached hydrogens (tertiary/aromatic N) is 9. The molecule has 0 saturated heterocycles. The standard InChI is InChI=1S/C25H33N9O3S/c1-15(2)37-22(23-26-11-16(3)12-27-23)19(6)38(35,36)13-21-31-32-25(20-10-8-9-17(4)30-20)34(21)18(5)24-28-14-29-33(24)7/h8-12,14-15,18-19,22H,13H2,1-7H3/t18-,19-,22+/m0/s1. The van der Waals surface area contributed by atoms with Gasteiger partial charge in [-0.3, -0.25) is 9.25 Å². The highest BCUT2D eigenvalue weighted by Crippen LogP contribution is 2.30. The van der Waals surface area contributed by atoms with E-state index in [-0.39, 0.29) is 17.7 Å². The van der Waals surface area contributed by atoms with Crippen LogP contribution in [-0.2, 0) is 27.4 Å². The molecule has 0 radical (unpaired) electrons. The predicted molar refractivity (Wildman–Crippen MR) is 141 cm³/mol. The maximum absolute atomic E-state index is 13.8. The van der Waals surface area contributed by atoms with Crippen LogP contribution in [0.3, 0.4) is 0 Å². The molecule has 12 nitrogen and oxygen atoms in total. The maximum Gasteiger partial charge on any atom is 0.183 e. The number of pyridine rings is 1. The van der Waals surface area contributed by atoms with E-state index < -0.39 is 27.2 Å². The molecule has 202 valence electrons. The van der Waals surface area contributed by atoms with Crippen LogP contribution in [0.1, 0.15) is 68.6 Å². The topological polar surface area (TPSA) is 143 Å². The van der Waals surface area contributed by atoms with Gasteiger partial charge in [-0.1, -0.05) is 6.07 Å². The molecule has 0 N–H and O–H groups in total. The summed E-state index contributed by atoms with van der Waals surface area (Å²) in [4.78, 5) is 17.7. The molecule has 0 aliphatic heterocycles. The van der Waals surface area contributed by atoms with E-state index in [1.807, 2.05) is 52.8 Å². The first kappa shape index (κ1) is 27.5. The number of hydrogen-bond donors (Lipinski definition) is 0. The van der Waals surface area contributed by atoms with Crippen LogP contribution in [-0.4, -0.2) is 64.3 Å². The number of hydrogen-bond acceptors (Lipinski definition) is 10. The van der Waals surface area contributed by atoms with Crippen molar-refractivity contribution >= 4 is 9.84 Å². The van der Waals surface area contributed by atoms with E-state index in [0.29, 0.717) is 23.2 Å². The average molecular weight is 540 g/mol. The van der Waals surface area contributed by atoms with Crippen LogP contribution >= 0.6 is 0 Å². The van der Waals surface area contributed by atoms with Crippen molar-refractivity contribution in [1.82, 2.24) is 44.5 Å². The van der Waals surface area contributed by atoms with Gasteiger partial charge in [-0.25, -0.2) is 28.4 Å². The first-order valence-corrected chi connectivity index (χ1v) is 14.1. The molecule has 0 fully saturated rings. The van der Waals surface area contributed by atoms with Gasteiger partial charge < -0.3 is 4.74 Å². The Hall–Kier alpha value is -3.58. The van der Waals surface area contributed by atoms with Gasteiger partial charge in [-0.2, -0.15) is 5.10 Å². The third-order valence-corrected chi connectivity index (χ3v) is 8.23. The van der Waals surface area contributed by atoms with Crippen LogP contribution in [0.5, 0.6) is 0 Å². The number of rotatable bonds is 10. The van der Waals surface area contributed by atoms with Crippen LogP contribution in [0.2, 0.25) is 0 Å². The number of ether oxygens (including phenoxy) is 1. The molecule has 0 unspecified atom stereocenters. The summed E-state index contributed by atoms with van der Waals surface area (Å²) in [5, 5.41) is 11.9. The zero-order valence-corrected chi connectivity index (χ0v) is 23.5. The van der Waals surface area contributed by atoms with Crippen LogP contribution < -0.4 is 0 Å². The molecule has 4 heterocycles. The molecule has 4 aromatic heterocycles. The first-order valence-electron chi connectivity index (χ1n) is 12.3. The lowest BCUT2D eigenvalue weighted by Gasteiger charge is -2.25. The molecule has 0 amide bonds. The summed E-state index contributed by atoms with van der Waals surface area (Å²) < 4.78 is 37.1. The Morgan fingerprint density at radius 2 is 1.71 bits per heavy atom. The molecule has 13 heteroatoms. The van der Waals surface area contributed by atoms with E-state index in [1.54, 1.807) is 35.6 Å². The third kappa shape index (κ3) is 5.78. The van der Waals surface area contributed by atoms with Crippen molar-refractivity contribution in [3.63, 3.8) is 0 Å². The quantitative estimate of drug-likeness (QED) is 0.295. The Labute approximate surface area is 222 Å². The second-order valence-electron chi connectivity index (χ2n) is 9.63. The summed E-state index contributed by atoms with van der Waals surface area (Å²) in [5.74, 6) is 1.27. The van der Waals surface area contributed by atoms with Crippen molar-refractivity contribution in [2.24, 2.45) is 7.05 Å². The average Bonchev–Trinajstić information content (AvgIpc) is 3.48. The largest absolute Gasteiger partial charge is 0.366 e. The van der Waals surface area contributed by atoms with Gasteiger partial charge in [0.25, 0.3) is 0 Å². The van der Waals surface area contributed by atoms with E-state index in [4.69, 9.17) is 4.74 Å². The smallest absolute Gasteiger partial charge is 0.183 e. The minimum Gasteiger partial charge on any atom is -0.366 e. The van der Waals surface area contributed by atoms with Gasteiger partial charge in [0.2, 0.25) is 0 Å². The van der Waals surface area contributed by atoms with E-state index in [1.165, 1.54) is 6.33 Å². The Kier molecular flexibility index (Phi) is 7.97. The summed E-state index contributed by atoms with van der Waals surface area (Å²) in [6, 6.07) is 5.15. The third-order valence-electron chi connectivity index (χ3n) is 6.19. The van der Waals surface area contributed by atoms with Gasteiger partial charge >= 0.3 is 0 Å². The minimum atomic E-state index is -3.82. The summed E-state index contributed by atoms with van der Waals surface area (Å²) in [5.41, 5.74) is 2.26. The summed E-state index contributed by atoms with van der Waals surface area (Å²) in [6.07, 6.45) is 3.67. The molecule has 0 spiro atoms. The highest BCUT2D eigenvalue weighted by atomic mass is 32.2. The maximum atomic E-state index is 13.8. The summed E-state index contributed by atoms with van der Waals surface area (Å²) in [7, 11) is -2.04. The zero-order chi connectivity index (χ0) is 27.6. The summed E-state index contributed by atoms with van der Waals surface area (Å²) in [6.45, 7) is 11.0. The lowest BCUT2D eigenvalue weighted by molar-refractivity contribution is 0.00140. The van der Waals surface area contributed by atoms with Crippen molar-refractivity contribution in [3.05, 3.63) is 65.7 Å². The highest BCUT2D eigenvalue weighted by molar-refractivity contribution is 7.91. The number of sulfone groups is 1. The monoisotopic (exact) mass is 539 g/mol. The van der Waals surface area contributed by atoms with Crippen LogP contribution in [0.25, 0.3) is 11.5 Å². The van der Waals surface area contributed by atoms with Gasteiger partial charge in [-0.05, 0) is 59.2 Å². The van der Waals surface area contributed by atoms with Crippen molar-refractivity contribution in [1.29, 1.82) is 0 Å². The Balaban J connectivity index is 1.76. The predicted octanol–water partition coefficient (Wildman–Crippen LogP) is 2.95. The number of aryl methyl sites for hydroxylation is 3. The minimum absolute atomic E-state index is 0.235. The highest BCUT2D eigenvalue weighted by Gasteiger charge is 2.36. The molecule has 0 saturated carbocycles. The normalized spacial score (nSPS) is 14.5. The second-order valence-corrected chi connectivity index (χ2v) is 12.0. The lowest BCUT2D eigenvalue weighted by atomic mass is 10.2. The fourth-order valence-electron chi connectivity index (χ4n) is 4.19. The van der Waals surface area contributed by atoms with Crippen molar-refractivity contribution < 1.29 is 13.2 Å². The van der Waals surface area contributed by atoms with Crippen molar-refractivity contribution in [2.45, 2.75) is 70.8 Å². The van der Waals surface area contributed by atoms with Crippen LogP contribution in [0.15, 0.2) is 36.9 Å². The number of aromatic nitrogens is 9. The van der Waals surface area contributed by atoms with E-state index in [0.717, 1.165) is 11.3 Å². The van der Waals surface area contributed by atoms with E-state index >= 15 is 0 Å². The molecule has 0 aromatic carbocycles. The van der Waals surface area contributed by atoms with Gasteiger partial charge in [0.05, 0.1) is 17.4 Å². The van der Waals surface area contributed by atoms with Gasteiger partial charge in [0, 0.05) is 25.1 Å². The van der Waals surface area contributed by atoms with Gasteiger partial charge in [-0.15, -0.1) is 10.2 Å². The van der Waals surface area contributed by atoms with Crippen molar-refractivity contribution in [2.75, 3.05) is 0 Å². The van der Waals surface area contributed by atoms with Crippen molar-refractivity contribution in [3.8, 4) is 11.5 Å². The molecule has 0 bridgehead atoms. The second kappa shape index (κ2) is 11.0.